The van der Waals surface area contributed by atoms with Crippen molar-refractivity contribution in [2.24, 2.45) is 0 Å². The van der Waals surface area contributed by atoms with Gasteiger partial charge in [0, 0.05) is 22.6 Å². The molecule has 1 heterocycles. The van der Waals surface area contributed by atoms with Crippen molar-refractivity contribution in [2.45, 2.75) is 6.54 Å². The highest BCUT2D eigenvalue weighted by Gasteiger charge is 2.16. The largest absolute Gasteiger partial charge is 0.495 e. The van der Waals surface area contributed by atoms with Gasteiger partial charge in [0.25, 0.3) is 0 Å². The zero-order valence-corrected chi connectivity index (χ0v) is 14.6. The van der Waals surface area contributed by atoms with E-state index in [1.165, 1.54) is 13.4 Å². The van der Waals surface area contributed by atoms with Crippen LogP contribution in [0, 0.1) is 0 Å². The first-order valence-corrected chi connectivity index (χ1v) is 7.57. The van der Waals surface area contributed by atoms with Crippen LogP contribution in [0.15, 0.2) is 37.8 Å². The van der Waals surface area contributed by atoms with Crippen LogP contribution in [-0.2, 0) is 11.3 Å². The van der Waals surface area contributed by atoms with E-state index in [9.17, 15) is 4.79 Å². The van der Waals surface area contributed by atoms with Crippen LogP contribution < -0.4 is 10.1 Å². The molecule has 0 unspecified atom stereocenters. The van der Waals surface area contributed by atoms with Crippen molar-refractivity contribution in [2.75, 3.05) is 19.5 Å². The molecule has 21 heavy (non-hydrogen) atoms. The Hall–Kier alpha value is -1.47. The minimum Gasteiger partial charge on any atom is -0.495 e. The van der Waals surface area contributed by atoms with Crippen LogP contribution in [-0.4, -0.2) is 20.2 Å². The maximum Gasteiger partial charge on any atom is 0.374 e. The van der Waals surface area contributed by atoms with Crippen LogP contribution in [0.4, 0.5) is 5.69 Å². The molecule has 1 aromatic carbocycles. The molecule has 0 bridgehead atoms. The first kappa shape index (κ1) is 15.9. The Morgan fingerprint density at radius 2 is 2.05 bits per heavy atom. The maximum atomic E-state index is 11.5. The van der Waals surface area contributed by atoms with Crippen LogP contribution >= 0.6 is 31.9 Å². The van der Waals surface area contributed by atoms with Crippen molar-refractivity contribution in [3.05, 3.63) is 44.7 Å². The average molecular weight is 419 g/mol. The molecule has 0 atom stereocenters. The topological polar surface area (TPSA) is 60.7 Å². The highest BCUT2D eigenvalue weighted by molar-refractivity contribution is 9.11. The summed E-state index contributed by atoms with van der Waals surface area (Å²) in [5.74, 6) is 0.413. The normalized spacial score (nSPS) is 10.3. The third-order valence-electron chi connectivity index (χ3n) is 2.83. The number of hydrogen-bond acceptors (Lipinski definition) is 5. The van der Waals surface area contributed by atoms with Gasteiger partial charge in [-0.25, -0.2) is 4.79 Å². The number of benzene rings is 1. The van der Waals surface area contributed by atoms with Crippen molar-refractivity contribution in [1.82, 2.24) is 0 Å². The lowest BCUT2D eigenvalue weighted by Gasteiger charge is -2.11. The summed E-state index contributed by atoms with van der Waals surface area (Å²) in [7, 11) is 2.92. The molecule has 0 aliphatic carbocycles. The van der Waals surface area contributed by atoms with Gasteiger partial charge in [-0.15, -0.1) is 0 Å². The van der Waals surface area contributed by atoms with Gasteiger partial charge in [-0.1, -0.05) is 0 Å². The molecule has 0 aliphatic heterocycles. The van der Waals surface area contributed by atoms with E-state index in [4.69, 9.17) is 9.15 Å². The van der Waals surface area contributed by atoms with E-state index >= 15 is 0 Å². The number of nitrogens with one attached hydrogen (secondary N) is 1. The SMILES string of the molecule is COC(=O)c1occc1CNc1cc(OC)c(Br)cc1Br. The molecule has 112 valence electrons. The number of methoxy groups -OCH3 is 2. The van der Waals surface area contributed by atoms with E-state index in [1.54, 1.807) is 13.2 Å². The molecular formula is C14H13Br2NO4. The number of ether oxygens (including phenoxy) is 2. The molecule has 0 saturated heterocycles. The molecule has 0 radical (unpaired) electrons. The van der Waals surface area contributed by atoms with E-state index in [-0.39, 0.29) is 5.76 Å². The fourth-order valence-electron chi connectivity index (χ4n) is 1.76. The molecule has 2 aromatic rings. The number of anilines is 1. The minimum atomic E-state index is -0.496. The summed E-state index contributed by atoms with van der Waals surface area (Å²) in [5, 5.41) is 3.22. The molecule has 0 spiro atoms. The number of furan rings is 1. The molecule has 0 saturated carbocycles. The molecule has 1 aromatic heterocycles. The van der Waals surface area contributed by atoms with Crippen LogP contribution in [0.5, 0.6) is 5.75 Å². The quantitative estimate of drug-likeness (QED) is 0.737. The van der Waals surface area contributed by atoms with E-state index < -0.39 is 5.97 Å². The Kier molecular flexibility index (Phi) is 5.30. The number of esters is 1. The van der Waals surface area contributed by atoms with Gasteiger partial charge in [0.2, 0.25) is 5.76 Å². The highest BCUT2D eigenvalue weighted by Crippen LogP contribution is 2.34. The van der Waals surface area contributed by atoms with Gasteiger partial charge in [0.1, 0.15) is 5.75 Å². The van der Waals surface area contributed by atoms with Crippen molar-refractivity contribution in [3.8, 4) is 5.75 Å². The summed E-state index contributed by atoms with van der Waals surface area (Å²) in [6.07, 6.45) is 1.46. The first-order valence-electron chi connectivity index (χ1n) is 5.98. The lowest BCUT2D eigenvalue weighted by atomic mass is 10.2. The number of carbonyl (C=O) groups is 1. The molecule has 0 amide bonds. The van der Waals surface area contributed by atoms with E-state index in [0.717, 1.165) is 20.2 Å². The summed E-state index contributed by atoms with van der Waals surface area (Å²) >= 11 is 6.89. The zero-order valence-electron chi connectivity index (χ0n) is 11.4. The van der Waals surface area contributed by atoms with Gasteiger partial charge in [-0.2, -0.15) is 0 Å². The van der Waals surface area contributed by atoms with Gasteiger partial charge >= 0.3 is 5.97 Å². The molecule has 2 rings (SSSR count). The van der Waals surface area contributed by atoms with Gasteiger partial charge < -0.3 is 19.2 Å². The van der Waals surface area contributed by atoms with Gasteiger partial charge in [0.15, 0.2) is 0 Å². The number of rotatable bonds is 5. The minimum absolute atomic E-state index is 0.199. The predicted molar refractivity (Wildman–Crippen MR) is 85.8 cm³/mol. The average Bonchev–Trinajstić information content (AvgIpc) is 2.94. The van der Waals surface area contributed by atoms with Crippen LogP contribution in [0.2, 0.25) is 0 Å². The van der Waals surface area contributed by atoms with E-state index in [0.29, 0.717) is 12.3 Å². The molecular weight excluding hydrogens is 406 g/mol. The molecule has 7 heteroatoms. The number of carbonyl (C=O) groups excluding carboxylic acids is 1. The van der Waals surface area contributed by atoms with Crippen LogP contribution in [0.1, 0.15) is 16.1 Å². The van der Waals surface area contributed by atoms with Gasteiger partial charge in [-0.05, 0) is 44.0 Å². The highest BCUT2D eigenvalue weighted by atomic mass is 79.9. The first-order chi connectivity index (χ1) is 10.1. The van der Waals surface area contributed by atoms with Crippen molar-refractivity contribution >= 4 is 43.5 Å². The molecule has 0 fully saturated rings. The third kappa shape index (κ3) is 3.59. The fourth-order valence-corrected chi connectivity index (χ4v) is 3.05. The summed E-state index contributed by atoms with van der Waals surface area (Å²) in [4.78, 5) is 11.5. The second-order valence-corrected chi connectivity index (χ2v) is 5.80. The summed E-state index contributed by atoms with van der Waals surface area (Å²) in [6, 6.07) is 5.47. The summed E-state index contributed by atoms with van der Waals surface area (Å²) in [5.41, 5.74) is 1.56. The second-order valence-electron chi connectivity index (χ2n) is 4.09. The zero-order chi connectivity index (χ0) is 15.4. The Labute approximate surface area is 138 Å². The Bertz CT molecular complexity index is 654. The van der Waals surface area contributed by atoms with E-state index in [2.05, 4.69) is 41.9 Å². The van der Waals surface area contributed by atoms with E-state index in [1.807, 2.05) is 12.1 Å². The van der Waals surface area contributed by atoms with Crippen LogP contribution in [0.25, 0.3) is 0 Å². The molecule has 5 nitrogen and oxygen atoms in total. The summed E-state index contributed by atoms with van der Waals surface area (Å²) in [6.45, 7) is 0.421. The van der Waals surface area contributed by atoms with Crippen LogP contribution in [0.3, 0.4) is 0 Å². The monoisotopic (exact) mass is 417 g/mol. The Morgan fingerprint density at radius 3 is 2.71 bits per heavy atom. The predicted octanol–water partition coefficient (Wildman–Crippen LogP) is 4.21. The van der Waals surface area contributed by atoms with Crippen molar-refractivity contribution < 1.29 is 18.7 Å². The molecule has 1 N–H and O–H groups in total. The smallest absolute Gasteiger partial charge is 0.374 e. The molecule has 0 aliphatic rings. The Balaban J connectivity index is 2.17. The summed E-state index contributed by atoms with van der Waals surface area (Å²) < 4.78 is 16.8. The number of halogens is 2. The fraction of sp³-hybridized carbons (Fsp3) is 0.214. The lowest BCUT2D eigenvalue weighted by molar-refractivity contribution is 0.0563. The lowest BCUT2D eigenvalue weighted by Crippen LogP contribution is -2.07. The van der Waals surface area contributed by atoms with Crippen molar-refractivity contribution in [3.63, 3.8) is 0 Å². The van der Waals surface area contributed by atoms with Gasteiger partial charge in [-0.3, -0.25) is 0 Å². The van der Waals surface area contributed by atoms with Crippen molar-refractivity contribution in [1.29, 1.82) is 0 Å². The second kappa shape index (κ2) is 7.00. The Morgan fingerprint density at radius 1 is 1.29 bits per heavy atom. The maximum absolute atomic E-state index is 11.5. The number of hydrogen-bond donors (Lipinski definition) is 1. The van der Waals surface area contributed by atoms with Gasteiger partial charge in [0.05, 0.1) is 30.6 Å². The standard InChI is InChI=1S/C14H13Br2NO4/c1-19-12-6-11(9(15)5-10(12)16)17-7-8-3-4-21-13(8)14(18)20-2/h3-6,17H,7H2,1-2H3. The third-order valence-corrected chi connectivity index (χ3v) is 4.10.